The second-order valence-electron chi connectivity index (χ2n) is 4.44. The lowest BCUT2D eigenvalue weighted by molar-refractivity contribution is 0.441. The summed E-state index contributed by atoms with van der Waals surface area (Å²) in [6, 6.07) is 1.11. The van der Waals surface area contributed by atoms with Crippen LogP contribution in [0.5, 0.6) is 0 Å². The van der Waals surface area contributed by atoms with Gasteiger partial charge in [0.05, 0.1) is 5.82 Å². The van der Waals surface area contributed by atoms with Crippen molar-refractivity contribution in [2.75, 3.05) is 0 Å². The van der Waals surface area contributed by atoms with Gasteiger partial charge in [0, 0.05) is 12.1 Å². The summed E-state index contributed by atoms with van der Waals surface area (Å²) in [5.74, 6) is 1.78. The van der Waals surface area contributed by atoms with Crippen molar-refractivity contribution in [2.45, 2.75) is 52.1 Å². The van der Waals surface area contributed by atoms with E-state index in [0.29, 0.717) is 12.1 Å². The first-order valence-electron chi connectivity index (χ1n) is 5.31. The Morgan fingerprint density at radius 3 is 2.54 bits per heavy atom. The third-order valence-corrected chi connectivity index (χ3v) is 2.68. The first-order chi connectivity index (χ1) is 6.09. The number of hydrogen-bond donors (Lipinski definition) is 2. The van der Waals surface area contributed by atoms with Crippen LogP contribution in [-0.4, -0.2) is 12.1 Å². The average molecular weight is 182 g/mol. The van der Waals surface area contributed by atoms with Crippen molar-refractivity contribution < 1.29 is 0 Å². The van der Waals surface area contributed by atoms with E-state index < -0.39 is 0 Å². The van der Waals surface area contributed by atoms with Crippen LogP contribution in [0.15, 0.2) is 12.4 Å². The molecule has 2 heteroatoms. The Hall–Kier alpha value is -0.660. The molecule has 0 aromatic carbocycles. The molecule has 2 unspecified atom stereocenters. The van der Waals surface area contributed by atoms with E-state index in [-0.39, 0.29) is 0 Å². The lowest BCUT2D eigenvalue weighted by Crippen LogP contribution is -2.38. The Labute approximate surface area is 81.8 Å². The molecule has 2 nitrogen and oxygen atoms in total. The minimum Gasteiger partial charge on any atom is -0.370 e. The van der Waals surface area contributed by atoms with Crippen molar-refractivity contribution in [3.8, 4) is 0 Å². The maximum absolute atomic E-state index is 3.97. The molecule has 0 saturated heterocycles. The molecule has 1 saturated carbocycles. The molecule has 0 heterocycles. The molecule has 1 fully saturated rings. The van der Waals surface area contributed by atoms with Crippen molar-refractivity contribution in [3.05, 3.63) is 12.4 Å². The Morgan fingerprint density at radius 1 is 1.38 bits per heavy atom. The Bertz CT molecular complexity index is 175. The fraction of sp³-hybridized carbons (Fsp3) is 0.818. The van der Waals surface area contributed by atoms with Crippen molar-refractivity contribution in [2.24, 2.45) is 5.92 Å². The normalized spacial score (nSPS) is 27.7. The van der Waals surface area contributed by atoms with Crippen LogP contribution in [-0.2, 0) is 0 Å². The summed E-state index contributed by atoms with van der Waals surface area (Å²) in [4.78, 5) is 0. The molecule has 0 bridgehead atoms. The Kier molecular flexibility index (Phi) is 3.64. The Morgan fingerprint density at radius 2 is 2.08 bits per heavy atom. The average Bonchev–Trinajstić information content (AvgIpc) is 2.34. The van der Waals surface area contributed by atoms with Crippen LogP contribution < -0.4 is 10.6 Å². The Balaban J connectivity index is 2.27. The smallest absolute Gasteiger partial charge is 0.0916 e. The van der Waals surface area contributed by atoms with Gasteiger partial charge in [-0.15, -0.1) is 0 Å². The molecule has 0 aliphatic heterocycles. The van der Waals surface area contributed by atoms with Crippen LogP contribution in [0.25, 0.3) is 0 Å². The lowest BCUT2D eigenvalue weighted by Gasteiger charge is -2.22. The third kappa shape index (κ3) is 3.29. The summed E-state index contributed by atoms with van der Waals surface area (Å²) in [5, 5.41) is 6.74. The summed E-state index contributed by atoms with van der Waals surface area (Å²) >= 11 is 0. The van der Waals surface area contributed by atoms with Gasteiger partial charge >= 0.3 is 0 Å². The van der Waals surface area contributed by atoms with E-state index in [1.54, 1.807) is 0 Å². The molecule has 1 aliphatic carbocycles. The van der Waals surface area contributed by atoms with Crippen LogP contribution >= 0.6 is 0 Å². The van der Waals surface area contributed by atoms with Crippen molar-refractivity contribution in [1.82, 2.24) is 10.6 Å². The fourth-order valence-electron chi connectivity index (χ4n) is 1.97. The maximum atomic E-state index is 3.97. The van der Waals surface area contributed by atoms with Gasteiger partial charge in [-0.25, -0.2) is 0 Å². The van der Waals surface area contributed by atoms with Crippen LogP contribution in [0, 0.1) is 5.92 Å². The second kappa shape index (κ2) is 4.54. The zero-order chi connectivity index (χ0) is 9.84. The summed E-state index contributed by atoms with van der Waals surface area (Å²) in [6.45, 7) is 10.5. The van der Waals surface area contributed by atoms with E-state index in [1.165, 1.54) is 19.3 Å². The summed E-state index contributed by atoms with van der Waals surface area (Å²) in [7, 11) is 0. The van der Waals surface area contributed by atoms with E-state index in [2.05, 4.69) is 38.0 Å². The highest BCUT2D eigenvalue weighted by molar-refractivity contribution is 4.95. The summed E-state index contributed by atoms with van der Waals surface area (Å²) < 4.78 is 0. The molecular weight excluding hydrogens is 160 g/mol. The van der Waals surface area contributed by atoms with Gasteiger partial charge in [0.25, 0.3) is 0 Å². The largest absolute Gasteiger partial charge is 0.370 e. The molecule has 1 rings (SSSR count). The van der Waals surface area contributed by atoms with Crippen molar-refractivity contribution in [1.29, 1.82) is 0 Å². The monoisotopic (exact) mass is 182 g/mol. The second-order valence-corrected chi connectivity index (χ2v) is 4.44. The van der Waals surface area contributed by atoms with E-state index >= 15 is 0 Å². The van der Waals surface area contributed by atoms with E-state index in [1.807, 2.05) is 0 Å². The molecule has 2 atom stereocenters. The summed E-state index contributed by atoms with van der Waals surface area (Å²) in [6.07, 6.45) is 4.00. The summed E-state index contributed by atoms with van der Waals surface area (Å²) in [5.41, 5.74) is 0. The molecule has 2 N–H and O–H groups in total. The van der Waals surface area contributed by atoms with Crippen LogP contribution in [0.3, 0.4) is 0 Å². The third-order valence-electron chi connectivity index (χ3n) is 2.68. The molecular formula is C11H22N2. The number of nitrogens with one attached hydrogen (secondary N) is 2. The van der Waals surface area contributed by atoms with Crippen LogP contribution in [0.4, 0.5) is 0 Å². The van der Waals surface area contributed by atoms with Gasteiger partial charge in [0.2, 0.25) is 0 Å². The van der Waals surface area contributed by atoms with Gasteiger partial charge in [-0.3, -0.25) is 0 Å². The molecule has 0 radical (unpaired) electrons. The number of rotatable bonds is 4. The van der Waals surface area contributed by atoms with Gasteiger partial charge in [0.15, 0.2) is 0 Å². The molecule has 13 heavy (non-hydrogen) atoms. The molecule has 0 aromatic heterocycles. The van der Waals surface area contributed by atoms with Gasteiger partial charge in [-0.2, -0.15) is 0 Å². The highest BCUT2D eigenvalue weighted by Gasteiger charge is 2.23. The molecule has 0 spiro atoms. The predicted molar refractivity (Wildman–Crippen MR) is 57.4 cm³/mol. The topological polar surface area (TPSA) is 24.1 Å². The minimum absolute atomic E-state index is 0.469. The van der Waals surface area contributed by atoms with Gasteiger partial charge in [-0.1, -0.05) is 19.9 Å². The van der Waals surface area contributed by atoms with Gasteiger partial charge < -0.3 is 10.6 Å². The first-order valence-corrected chi connectivity index (χ1v) is 5.31. The van der Waals surface area contributed by atoms with Crippen LogP contribution in [0.1, 0.15) is 40.0 Å². The fourth-order valence-corrected chi connectivity index (χ4v) is 1.97. The van der Waals surface area contributed by atoms with Crippen LogP contribution in [0.2, 0.25) is 0 Å². The quantitative estimate of drug-likeness (QED) is 0.696. The predicted octanol–water partition coefficient (Wildman–Crippen LogP) is 2.23. The van der Waals surface area contributed by atoms with E-state index in [4.69, 9.17) is 0 Å². The lowest BCUT2D eigenvalue weighted by atomic mass is 10.1. The van der Waals surface area contributed by atoms with Gasteiger partial charge in [-0.05, 0) is 32.6 Å². The van der Waals surface area contributed by atoms with Crippen molar-refractivity contribution in [3.63, 3.8) is 0 Å². The van der Waals surface area contributed by atoms with Crippen molar-refractivity contribution >= 4 is 0 Å². The zero-order valence-electron chi connectivity index (χ0n) is 9.06. The SMILES string of the molecule is C=C(NC(C)C)NC1CCCC1C. The number of hydrogen-bond acceptors (Lipinski definition) is 2. The zero-order valence-corrected chi connectivity index (χ0v) is 9.06. The maximum Gasteiger partial charge on any atom is 0.0916 e. The minimum atomic E-state index is 0.469. The van der Waals surface area contributed by atoms with E-state index in [0.717, 1.165) is 11.7 Å². The molecule has 0 amide bonds. The molecule has 0 aromatic rings. The van der Waals surface area contributed by atoms with E-state index in [9.17, 15) is 0 Å². The highest BCUT2D eigenvalue weighted by Crippen LogP contribution is 2.25. The first kappa shape index (κ1) is 10.4. The van der Waals surface area contributed by atoms with Gasteiger partial charge in [0.1, 0.15) is 0 Å². The standard InChI is InChI=1S/C11H22N2/c1-8(2)12-10(4)13-11-7-5-6-9(11)3/h8-9,11-13H,4-7H2,1-3H3. The highest BCUT2D eigenvalue weighted by atomic mass is 15.1. The molecule has 76 valence electrons. The molecule has 1 aliphatic rings.